The van der Waals surface area contributed by atoms with Crippen molar-refractivity contribution in [2.45, 2.75) is 50.9 Å². The zero-order chi connectivity index (χ0) is 20.6. The van der Waals surface area contributed by atoms with Gasteiger partial charge in [-0.25, -0.2) is 4.79 Å². The predicted molar refractivity (Wildman–Crippen MR) is 94.8 cm³/mol. The first-order chi connectivity index (χ1) is 13.3. The lowest BCUT2D eigenvalue weighted by Gasteiger charge is -2.42. The SMILES string of the molecule is CCOCCC1CCOC12CCN(Cc1ccoc1)CC2.O=C(O)C(F)(F)F. The van der Waals surface area contributed by atoms with Gasteiger partial charge >= 0.3 is 12.1 Å². The molecule has 2 saturated heterocycles. The number of piperidine rings is 1. The van der Waals surface area contributed by atoms with E-state index in [1.54, 1.807) is 6.26 Å². The van der Waals surface area contributed by atoms with Crippen LogP contribution in [0.4, 0.5) is 13.2 Å². The van der Waals surface area contributed by atoms with E-state index in [1.807, 2.05) is 6.26 Å². The molecule has 6 nitrogen and oxygen atoms in total. The minimum Gasteiger partial charge on any atom is -0.475 e. The number of rotatable bonds is 6. The summed E-state index contributed by atoms with van der Waals surface area (Å²) in [5, 5.41) is 7.12. The van der Waals surface area contributed by atoms with Gasteiger partial charge in [0.05, 0.1) is 18.1 Å². The lowest BCUT2D eigenvalue weighted by Crippen LogP contribution is -2.47. The van der Waals surface area contributed by atoms with Gasteiger partial charge < -0.3 is 19.0 Å². The number of hydrogen-bond donors (Lipinski definition) is 1. The van der Waals surface area contributed by atoms with Crippen LogP contribution in [0, 0.1) is 5.92 Å². The molecule has 9 heteroatoms. The summed E-state index contributed by atoms with van der Waals surface area (Å²) in [6.45, 7) is 7.93. The second-order valence-electron chi connectivity index (χ2n) is 7.10. The molecule has 3 rings (SSSR count). The van der Waals surface area contributed by atoms with Crippen LogP contribution in [-0.4, -0.2) is 60.7 Å². The van der Waals surface area contributed by atoms with Crippen LogP contribution in [0.5, 0.6) is 0 Å². The van der Waals surface area contributed by atoms with Gasteiger partial charge in [-0.1, -0.05) is 0 Å². The monoisotopic (exact) mass is 407 g/mol. The molecular weight excluding hydrogens is 379 g/mol. The fourth-order valence-corrected chi connectivity index (χ4v) is 3.85. The first-order valence-corrected chi connectivity index (χ1v) is 9.52. The molecule has 2 aliphatic rings. The highest BCUT2D eigenvalue weighted by atomic mass is 19.4. The van der Waals surface area contributed by atoms with Gasteiger partial charge in [-0.2, -0.15) is 13.2 Å². The van der Waals surface area contributed by atoms with Crippen molar-refractivity contribution < 1.29 is 37.0 Å². The molecule has 1 unspecified atom stereocenters. The van der Waals surface area contributed by atoms with Gasteiger partial charge in [-0.15, -0.1) is 0 Å². The van der Waals surface area contributed by atoms with E-state index in [0.29, 0.717) is 5.92 Å². The van der Waals surface area contributed by atoms with Crippen LogP contribution in [0.25, 0.3) is 0 Å². The Morgan fingerprint density at radius 3 is 2.61 bits per heavy atom. The van der Waals surface area contributed by atoms with Gasteiger partial charge in [-0.3, -0.25) is 4.90 Å². The van der Waals surface area contributed by atoms with E-state index in [4.69, 9.17) is 23.8 Å². The number of hydrogen-bond acceptors (Lipinski definition) is 5. The van der Waals surface area contributed by atoms with E-state index in [9.17, 15) is 13.2 Å². The van der Waals surface area contributed by atoms with Crippen LogP contribution in [0.3, 0.4) is 0 Å². The minimum absolute atomic E-state index is 0.129. The lowest BCUT2D eigenvalue weighted by atomic mass is 9.78. The number of nitrogens with zero attached hydrogens (tertiary/aromatic N) is 1. The molecule has 160 valence electrons. The highest BCUT2D eigenvalue weighted by molar-refractivity contribution is 5.73. The van der Waals surface area contributed by atoms with Crippen LogP contribution < -0.4 is 0 Å². The first-order valence-electron chi connectivity index (χ1n) is 9.52. The Labute approximate surface area is 162 Å². The summed E-state index contributed by atoms with van der Waals surface area (Å²) in [4.78, 5) is 11.4. The highest BCUT2D eigenvalue weighted by Gasteiger charge is 2.45. The van der Waals surface area contributed by atoms with Crippen LogP contribution in [0.15, 0.2) is 23.0 Å². The van der Waals surface area contributed by atoms with E-state index < -0.39 is 12.1 Å². The zero-order valence-corrected chi connectivity index (χ0v) is 16.0. The number of carbonyl (C=O) groups is 1. The molecule has 0 aliphatic carbocycles. The molecule has 1 aromatic rings. The Morgan fingerprint density at radius 2 is 2.07 bits per heavy atom. The molecule has 0 radical (unpaired) electrons. The van der Waals surface area contributed by atoms with Crippen molar-refractivity contribution in [3.05, 3.63) is 24.2 Å². The molecule has 1 spiro atoms. The molecule has 0 aromatic carbocycles. The normalized spacial score (nSPS) is 22.1. The number of ether oxygens (including phenoxy) is 2. The fourth-order valence-electron chi connectivity index (χ4n) is 3.85. The van der Waals surface area contributed by atoms with Gasteiger partial charge in [-0.05, 0) is 44.6 Å². The van der Waals surface area contributed by atoms with E-state index >= 15 is 0 Å². The Kier molecular flexibility index (Phi) is 8.33. The van der Waals surface area contributed by atoms with E-state index in [-0.39, 0.29) is 5.60 Å². The Morgan fingerprint density at radius 1 is 1.39 bits per heavy atom. The van der Waals surface area contributed by atoms with Crippen molar-refractivity contribution in [2.24, 2.45) is 5.92 Å². The largest absolute Gasteiger partial charge is 0.490 e. The van der Waals surface area contributed by atoms with Crippen molar-refractivity contribution in [3.63, 3.8) is 0 Å². The summed E-state index contributed by atoms with van der Waals surface area (Å²) in [6, 6.07) is 2.06. The number of likely N-dealkylation sites (tertiary alicyclic amines) is 1. The molecule has 1 N–H and O–H groups in total. The topological polar surface area (TPSA) is 72.1 Å². The van der Waals surface area contributed by atoms with Crippen molar-refractivity contribution in [2.75, 3.05) is 32.9 Å². The Bertz CT molecular complexity index is 583. The Balaban J connectivity index is 0.000000345. The average molecular weight is 407 g/mol. The second-order valence-corrected chi connectivity index (χ2v) is 7.10. The van der Waals surface area contributed by atoms with Crippen LogP contribution in [0.2, 0.25) is 0 Å². The first kappa shape index (κ1) is 22.7. The third kappa shape index (κ3) is 6.49. The van der Waals surface area contributed by atoms with Gasteiger partial charge in [0.1, 0.15) is 0 Å². The summed E-state index contributed by atoms with van der Waals surface area (Å²) in [6.07, 6.45) is 3.18. The zero-order valence-electron chi connectivity index (χ0n) is 16.0. The minimum atomic E-state index is -5.08. The van der Waals surface area contributed by atoms with Gasteiger partial charge in [0, 0.05) is 45.0 Å². The quantitative estimate of drug-likeness (QED) is 0.725. The van der Waals surface area contributed by atoms with Crippen molar-refractivity contribution >= 4 is 5.97 Å². The third-order valence-electron chi connectivity index (χ3n) is 5.35. The number of furan rings is 1. The lowest BCUT2D eigenvalue weighted by molar-refractivity contribution is -0.192. The number of alkyl halides is 3. The standard InChI is InChI=1S/C17H27NO3.C2HF3O2/c1-2-19-11-4-16-5-12-21-17(16)6-8-18(9-7-17)13-15-3-10-20-14-15;3-2(4,5)1(6)7/h3,10,14,16H,2,4-9,11-13H2,1H3;(H,6,7). The van der Waals surface area contributed by atoms with Crippen LogP contribution >= 0.6 is 0 Å². The van der Waals surface area contributed by atoms with Crippen LogP contribution in [-0.2, 0) is 20.8 Å². The van der Waals surface area contributed by atoms with Gasteiger partial charge in [0.2, 0.25) is 0 Å². The predicted octanol–water partition coefficient (Wildman–Crippen LogP) is 3.71. The van der Waals surface area contributed by atoms with Crippen molar-refractivity contribution in [1.29, 1.82) is 0 Å². The highest BCUT2D eigenvalue weighted by Crippen LogP contribution is 2.42. The maximum Gasteiger partial charge on any atom is 0.490 e. The van der Waals surface area contributed by atoms with E-state index in [1.165, 1.54) is 12.0 Å². The van der Waals surface area contributed by atoms with Gasteiger partial charge in [0.15, 0.2) is 0 Å². The number of halogens is 3. The summed E-state index contributed by atoms with van der Waals surface area (Å²) >= 11 is 0. The number of carboxylic acid groups (broad SMARTS) is 1. The molecule has 0 bridgehead atoms. The summed E-state index contributed by atoms with van der Waals surface area (Å²) in [5.41, 5.74) is 1.40. The molecule has 1 atom stereocenters. The summed E-state index contributed by atoms with van der Waals surface area (Å²) in [7, 11) is 0. The van der Waals surface area contributed by atoms with Crippen molar-refractivity contribution in [3.8, 4) is 0 Å². The molecule has 2 fully saturated rings. The van der Waals surface area contributed by atoms with Gasteiger partial charge in [0.25, 0.3) is 0 Å². The molecule has 2 aliphatic heterocycles. The van der Waals surface area contributed by atoms with E-state index in [0.717, 1.165) is 58.7 Å². The Hall–Kier alpha value is -1.58. The molecule has 1 aromatic heterocycles. The second kappa shape index (κ2) is 10.3. The molecule has 0 amide bonds. The van der Waals surface area contributed by atoms with E-state index in [2.05, 4.69) is 17.9 Å². The number of carboxylic acids is 1. The summed E-state index contributed by atoms with van der Waals surface area (Å²) in [5.74, 6) is -2.08. The fraction of sp³-hybridized carbons (Fsp3) is 0.737. The van der Waals surface area contributed by atoms with Crippen LogP contribution in [0.1, 0.15) is 38.2 Å². The summed E-state index contributed by atoms with van der Waals surface area (Å²) < 4.78 is 48.6. The maximum absolute atomic E-state index is 10.6. The van der Waals surface area contributed by atoms with Crippen molar-refractivity contribution in [1.82, 2.24) is 4.90 Å². The average Bonchev–Trinajstić information content (AvgIpc) is 3.28. The number of aliphatic carboxylic acids is 1. The molecule has 3 heterocycles. The third-order valence-corrected chi connectivity index (χ3v) is 5.35. The smallest absolute Gasteiger partial charge is 0.475 e. The molecular formula is C19H28F3NO5. The molecule has 28 heavy (non-hydrogen) atoms. The molecule has 0 saturated carbocycles. The maximum atomic E-state index is 10.6.